The average Bonchev–Trinajstić information content (AvgIpc) is 2.56. The standard InChI is InChI=1S/C15H15N3O6/c1-17-11(7-13(21)18(2)15(17)23)16-12(20)8-24-14(22)9-3-5-10(19)6-4-9/h3-7,19H,8H2,1-2H3,(H,16,20). The minimum absolute atomic E-state index is 0.00383. The van der Waals surface area contributed by atoms with Crippen LogP contribution in [0, 0.1) is 0 Å². The van der Waals surface area contributed by atoms with Gasteiger partial charge in [-0.25, -0.2) is 9.59 Å². The Labute approximate surface area is 135 Å². The second-order valence-electron chi connectivity index (χ2n) is 4.94. The van der Waals surface area contributed by atoms with Crippen molar-refractivity contribution in [2.24, 2.45) is 14.1 Å². The molecule has 1 aromatic heterocycles. The molecule has 2 N–H and O–H groups in total. The summed E-state index contributed by atoms with van der Waals surface area (Å²) in [6, 6.07) is 6.40. The van der Waals surface area contributed by atoms with Crippen LogP contribution in [0.4, 0.5) is 5.82 Å². The molecular formula is C15H15N3O6. The number of amides is 1. The number of nitrogens with one attached hydrogen (secondary N) is 1. The first-order valence-corrected chi connectivity index (χ1v) is 6.82. The third kappa shape index (κ3) is 3.69. The first kappa shape index (κ1) is 17.0. The Morgan fingerprint density at radius 1 is 1.12 bits per heavy atom. The Balaban J connectivity index is 2.02. The quantitative estimate of drug-likeness (QED) is 0.734. The van der Waals surface area contributed by atoms with Crippen LogP contribution in [0.15, 0.2) is 39.9 Å². The Kier molecular flexibility index (Phi) is 4.83. The molecule has 0 bridgehead atoms. The Morgan fingerprint density at radius 3 is 2.38 bits per heavy atom. The predicted octanol–water partition coefficient (Wildman–Crippen LogP) is -0.415. The van der Waals surface area contributed by atoms with Crippen molar-refractivity contribution < 1.29 is 19.4 Å². The number of benzene rings is 1. The van der Waals surface area contributed by atoms with Gasteiger partial charge in [0.05, 0.1) is 5.56 Å². The van der Waals surface area contributed by atoms with Crippen LogP contribution in [0.25, 0.3) is 0 Å². The first-order chi connectivity index (χ1) is 11.3. The van der Waals surface area contributed by atoms with Crippen LogP contribution in [0.5, 0.6) is 5.75 Å². The molecule has 0 aliphatic carbocycles. The van der Waals surface area contributed by atoms with Gasteiger partial charge < -0.3 is 15.2 Å². The van der Waals surface area contributed by atoms with Crippen molar-refractivity contribution >= 4 is 17.7 Å². The van der Waals surface area contributed by atoms with E-state index in [1.807, 2.05) is 0 Å². The van der Waals surface area contributed by atoms with Crippen LogP contribution in [-0.2, 0) is 23.6 Å². The van der Waals surface area contributed by atoms with Gasteiger partial charge in [0.1, 0.15) is 11.6 Å². The largest absolute Gasteiger partial charge is 0.508 e. The molecule has 1 heterocycles. The third-order valence-electron chi connectivity index (χ3n) is 3.23. The molecule has 2 aromatic rings. The van der Waals surface area contributed by atoms with Gasteiger partial charge in [-0.1, -0.05) is 0 Å². The van der Waals surface area contributed by atoms with Gasteiger partial charge in [-0.3, -0.25) is 18.7 Å². The van der Waals surface area contributed by atoms with Crippen molar-refractivity contribution in [1.82, 2.24) is 9.13 Å². The van der Waals surface area contributed by atoms with Gasteiger partial charge in [0.25, 0.3) is 11.5 Å². The van der Waals surface area contributed by atoms with Crippen LogP contribution < -0.4 is 16.6 Å². The van der Waals surface area contributed by atoms with Gasteiger partial charge >= 0.3 is 11.7 Å². The summed E-state index contributed by atoms with van der Waals surface area (Å²) in [6.07, 6.45) is 0. The molecule has 9 heteroatoms. The van der Waals surface area contributed by atoms with Crippen LogP contribution in [0.2, 0.25) is 0 Å². The second kappa shape index (κ2) is 6.82. The number of aromatic nitrogens is 2. The maximum absolute atomic E-state index is 11.8. The summed E-state index contributed by atoms with van der Waals surface area (Å²) < 4.78 is 6.80. The number of hydrogen-bond donors (Lipinski definition) is 2. The van der Waals surface area contributed by atoms with E-state index in [2.05, 4.69) is 5.32 Å². The molecule has 0 saturated carbocycles. The number of carbonyl (C=O) groups excluding carboxylic acids is 2. The molecule has 0 aliphatic heterocycles. The van der Waals surface area contributed by atoms with Gasteiger partial charge in [-0.05, 0) is 24.3 Å². The molecule has 0 radical (unpaired) electrons. The maximum atomic E-state index is 11.8. The van der Waals surface area contributed by atoms with Crippen LogP contribution in [0.3, 0.4) is 0 Å². The fraction of sp³-hybridized carbons (Fsp3) is 0.200. The number of ether oxygens (including phenoxy) is 1. The molecule has 0 atom stereocenters. The van der Waals surface area contributed by atoms with Crippen molar-refractivity contribution in [2.75, 3.05) is 11.9 Å². The van der Waals surface area contributed by atoms with Gasteiger partial charge in [0, 0.05) is 20.2 Å². The highest BCUT2D eigenvalue weighted by Gasteiger charge is 2.13. The first-order valence-electron chi connectivity index (χ1n) is 6.82. The molecule has 1 aromatic carbocycles. The molecular weight excluding hydrogens is 318 g/mol. The zero-order valence-corrected chi connectivity index (χ0v) is 13.0. The van der Waals surface area contributed by atoms with E-state index in [9.17, 15) is 19.2 Å². The second-order valence-corrected chi connectivity index (χ2v) is 4.94. The number of aromatic hydroxyl groups is 1. The minimum atomic E-state index is -0.747. The maximum Gasteiger partial charge on any atom is 0.338 e. The molecule has 9 nitrogen and oxygen atoms in total. The number of carbonyl (C=O) groups is 2. The van der Waals surface area contributed by atoms with Crippen molar-refractivity contribution in [3.63, 3.8) is 0 Å². The highest BCUT2D eigenvalue weighted by Crippen LogP contribution is 2.10. The average molecular weight is 333 g/mol. The summed E-state index contributed by atoms with van der Waals surface area (Å²) >= 11 is 0. The molecule has 0 spiro atoms. The third-order valence-corrected chi connectivity index (χ3v) is 3.23. The Morgan fingerprint density at radius 2 is 1.75 bits per heavy atom. The van der Waals surface area contributed by atoms with Crippen LogP contribution >= 0.6 is 0 Å². The van der Waals surface area contributed by atoms with E-state index in [4.69, 9.17) is 9.84 Å². The minimum Gasteiger partial charge on any atom is -0.508 e. The molecule has 0 unspecified atom stereocenters. The van der Waals surface area contributed by atoms with E-state index in [1.165, 1.54) is 38.4 Å². The van der Waals surface area contributed by atoms with Crippen molar-refractivity contribution in [3.05, 3.63) is 56.7 Å². The highest BCUT2D eigenvalue weighted by molar-refractivity contribution is 5.95. The van der Waals surface area contributed by atoms with E-state index in [0.717, 1.165) is 15.2 Å². The number of esters is 1. The monoisotopic (exact) mass is 333 g/mol. The van der Waals surface area contributed by atoms with E-state index in [1.54, 1.807) is 0 Å². The number of rotatable bonds is 4. The lowest BCUT2D eigenvalue weighted by Crippen LogP contribution is -2.38. The van der Waals surface area contributed by atoms with Crippen LogP contribution in [0.1, 0.15) is 10.4 Å². The molecule has 1 amide bonds. The van der Waals surface area contributed by atoms with Crippen LogP contribution in [-0.4, -0.2) is 32.7 Å². The zero-order chi connectivity index (χ0) is 17.9. The lowest BCUT2D eigenvalue weighted by Gasteiger charge is -2.11. The SMILES string of the molecule is Cn1c(NC(=O)COC(=O)c2ccc(O)cc2)cc(=O)n(C)c1=O. The smallest absolute Gasteiger partial charge is 0.338 e. The fourth-order valence-corrected chi connectivity index (χ4v) is 1.84. The fourth-order valence-electron chi connectivity index (χ4n) is 1.84. The lowest BCUT2D eigenvalue weighted by molar-refractivity contribution is -0.119. The van der Waals surface area contributed by atoms with Gasteiger partial charge in [0.15, 0.2) is 6.61 Å². The van der Waals surface area contributed by atoms with E-state index in [0.29, 0.717) is 0 Å². The summed E-state index contributed by atoms with van der Waals surface area (Å²) in [5.41, 5.74) is -1.00. The van der Waals surface area contributed by atoms with Crippen molar-refractivity contribution in [1.29, 1.82) is 0 Å². The van der Waals surface area contributed by atoms with E-state index in [-0.39, 0.29) is 17.1 Å². The summed E-state index contributed by atoms with van der Waals surface area (Å²) in [6.45, 7) is -0.594. The molecule has 126 valence electrons. The van der Waals surface area contributed by atoms with Gasteiger partial charge in [-0.2, -0.15) is 0 Å². The van der Waals surface area contributed by atoms with E-state index < -0.39 is 29.7 Å². The Hall–Kier alpha value is -3.36. The molecule has 0 aliphatic rings. The molecule has 2 rings (SSSR count). The van der Waals surface area contributed by atoms with Gasteiger partial charge in [0.2, 0.25) is 0 Å². The predicted molar refractivity (Wildman–Crippen MR) is 83.9 cm³/mol. The highest BCUT2D eigenvalue weighted by atomic mass is 16.5. The van der Waals surface area contributed by atoms with Gasteiger partial charge in [-0.15, -0.1) is 0 Å². The number of phenols is 1. The van der Waals surface area contributed by atoms with E-state index >= 15 is 0 Å². The summed E-state index contributed by atoms with van der Waals surface area (Å²) in [5.74, 6) is -1.46. The Bertz CT molecular complexity index is 895. The lowest BCUT2D eigenvalue weighted by atomic mass is 10.2. The topological polar surface area (TPSA) is 120 Å². The molecule has 0 fully saturated rings. The number of anilines is 1. The molecule has 24 heavy (non-hydrogen) atoms. The van der Waals surface area contributed by atoms with Crippen molar-refractivity contribution in [2.45, 2.75) is 0 Å². The number of hydrogen-bond acceptors (Lipinski definition) is 6. The normalized spacial score (nSPS) is 10.2. The summed E-state index contributed by atoms with van der Waals surface area (Å²) in [4.78, 5) is 46.9. The molecule has 0 saturated heterocycles. The summed E-state index contributed by atoms with van der Waals surface area (Å²) in [7, 11) is 2.70. The number of phenolic OH excluding ortho intramolecular Hbond substituents is 1. The summed E-state index contributed by atoms with van der Waals surface area (Å²) in [5, 5.41) is 11.5. The van der Waals surface area contributed by atoms with Crippen molar-refractivity contribution in [3.8, 4) is 5.75 Å². The number of nitrogens with zero attached hydrogens (tertiary/aromatic N) is 2. The zero-order valence-electron chi connectivity index (χ0n) is 13.0.